The van der Waals surface area contributed by atoms with Crippen molar-refractivity contribution in [2.75, 3.05) is 0 Å². The molecule has 0 spiro atoms. The van der Waals surface area contributed by atoms with Crippen molar-refractivity contribution >= 4 is 22.2 Å². The summed E-state index contributed by atoms with van der Waals surface area (Å²) in [7, 11) is 0. The Balaban J connectivity index is 2.08. The highest BCUT2D eigenvalue weighted by Gasteiger charge is 2.40. The van der Waals surface area contributed by atoms with E-state index in [1.165, 1.54) is 24.3 Å². The molecule has 0 saturated heterocycles. The van der Waals surface area contributed by atoms with Crippen LogP contribution in [0.5, 0.6) is 0 Å². The lowest BCUT2D eigenvalue weighted by molar-refractivity contribution is -0.144. The van der Waals surface area contributed by atoms with E-state index >= 15 is 0 Å². The second kappa shape index (κ2) is 11.7. The Kier molecular flexibility index (Phi) is 8.20. The van der Waals surface area contributed by atoms with Gasteiger partial charge in [0.1, 0.15) is 11.0 Å². The van der Waals surface area contributed by atoms with Gasteiger partial charge in [0, 0.05) is 0 Å². The highest BCUT2D eigenvalue weighted by atomic mass is 19.4. The Morgan fingerprint density at radius 3 is 0.940 bits per heavy atom. The number of benzene rings is 3. The van der Waals surface area contributed by atoms with E-state index in [0.29, 0.717) is 0 Å². The van der Waals surface area contributed by atoms with Crippen LogP contribution >= 0.6 is 0 Å². The van der Waals surface area contributed by atoms with E-state index in [1.807, 2.05) is 0 Å². The fourth-order valence-corrected chi connectivity index (χ4v) is 4.83. The van der Waals surface area contributed by atoms with Crippen molar-refractivity contribution in [2.45, 2.75) is 36.5 Å². The number of nitriles is 4. The van der Waals surface area contributed by atoms with Crippen molar-refractivity contribution in [3.05, 3.63) is 70.4 Å². The zero-order chi connectivity index (χ0) is 37.1. The number of oxazole rings is 2. The minimum absolute atomic E-state index is 0.170. The monoisotopic (exact) mass is 712 g/mol. The van der Waals surface area contributed by atoms with Crippen molar-refractivity contribution in [1.82, 2.24) is 9.97 Å². The van der Waals surface area contributed by atoms with Gasteiger partial charge in [-0.05, 0) is 47.5 Å². The van der Waals surface area contributed by atoms with Gasteiger partial charge in [-0.1, -0.05) is 0 Å². The van der Waals surface area contributed by atoms with Crippen LogP contribution in [0, 0.1) is 45.3 Å². The van der Waals surface area contributed by atoms with E-state index in [-0.39, 0.29) is 36.4 Å². The molecule has 0 aliphatic carbocycles. The van der Waals surface area contributed by atoms with Crippen molar-refractivity contribution < 1.29 is 61.5 Å². The summed E-state index contributed by atoms with van der Waals surface area (Å²) in [6.07, 6.45) is -21.7. The summed E-state index contributed by atoms with van der Waals surface area (Å²) in [5.74, 6) is -5.78. The van der Waals surface area contributed by atoms with Crippen LogP contribution in [-0.4, -0.2) is 9.97 Å². The standard InChI is InChI=1S/C30H8F12N6O2/c31-27(32,33)15-1-11(2-16(5-15)28(34,35)36)19-21-24(50-25(47-21)13(7-43)8-44)20(22-23(19)49-26(48-22)14(9-45)10-46)12-3-17(29(37,38)39)6-18(4-12)30(40,41)42/h1-6,13-14H. The van der Waals surface area contributed by atoms with Gasteiger partial charge in [-0.2, -0.15) is 73.7 Å². The normalized spacial score (nSPS) is 12.7. The molecule has 2 heterocycles. The first-order valence-corrected chi connectivity index (χ1v) is 13.1. The molecule has 0 fully saturated rings. The molecule has 5 rings (SSSR count). The van der Waals surface area contributed by atoms with E-state index in [2.05, 4.69) is 9.97 Å². The fraction of sp³-hybridized carbons (Fsp3) is 0.200. The average molecular weight is 712 g/mol. The largest absolute Gasteiger partial charge is 0.437 e. The predicted molar refractivity (Wildman–Crippen MR) is 140 cm³/mol. The molecule has 0 aliphatic heterocycles. The third-order valence-corrected chi connectivity index (χ3v) is 6.98. The highest BCUT2D eigenvalue weighted by molar-refractivity contribution is 6.16. The second-order valence-electron chi connectivity index (χ2n) is 10.2. The minimum Gasteiger partial charge on any atom is -0.437 e. The molecular weight excluding hydrogens is 704 g/mol. The van der Waals surface area contributed by atoms with E-state index < -0.39 is 115 Å². The summed E-state index contributed by atoms with van der Waals surface area (Å²) < 4.78 is 177. The predicted octanol–water partition coefficient (Wildman–Crippen LogP) is 9.64. The topological polar surface area (TPSA) is 147 Å². The van der Waals surface area contributed by atoms with Gasteiger partial charge >= 0.3 is 24.7 Å². The van der Waals surface area contributed by atoms with Crippen LogP contribution < -0.4 is 0 Å². The third kappa shape index (κ3) is 6.19. The average Bonchev–Trinajstić information content (AvgIpc) is 3.64. The zero-order valence-corrected chi connectivity index (χ0v) is 23.7. The Morgan fingerprint density at radius 1 is 0.460 bits per heavy atom. The number of alkyl halides is 12. The van der Waals surface area contributed by atoms with Crippen LogP contribution in [0.3, 0.4) is 0 Å². The van der Waals surface area contributed by atoms with Gasteiger partial charge in [-0.25, -0.2) is 9.97 Å². The van der Waals surface area contributed by atoms with Crippen LogP contribution in [0.2, 0.25) is 0 Å². The summed E-state index contributed by atoms with van der Waals surface area (Å²) in [6, 6.07) is 5.83. The molecule has 20 heteroatoms. The molecular formula is C30H8F12N6O2. The van der Waals surface area contributed by atoms with Crippen molar-refractivity contribution in [3.63, 3.8) is 0 Å². The summed E-state index contributed by atoms with van der Waals surface area (Å²) in [6.45, 7) is 0. The first kappa shape index (κ1) is 35.0. The third-order valence-electron chi connectivity index (χ3n) is 6.98. The molecule has 8 nitrogen and oxygen atoms in total. The Hall–Kier alpha value is -6.28. The first-order valence-electron chi connectivity index (χ1n) is 13.1. The first-order chi connectivity index (χ1) is 23.1. The smallest absolute Gasteiger partial charge is 0.416 e. The summed E-state index contributed by atoms with van der Waals surface area (Å²) in [5, 5.41) is 37.7. The molecule has 0 saturated carbocycles. The van der Waals surface area contributed by atoms with E-state index in [4.69, 9.17) is 8.83 Å². The maximum Gasteiger partial charge on any atom is 0.416 e. The van der Waals surface area contributed by atoms with Gasteiger partial charge in [-0.15, -0.1) is 0 Å². The molecule has 0 bridgehead atoms. The van der Waals surface area contributed by atoms with Crippen LogP contribution in [0.1, 0.15) is 45.9 Å². The van der Waals surface area contributed by atoms with Gasteiger partial charge in [0.25, 0.3) is 0 Å². The zero-order valence-electron chi connectivity index (χ0n) is 23.7. The maximum atomic E-state index is 13.9. The Morgan fingerprint density at radius 2 is 0.720 bits per heavy atom. The van der Waals surface area contributed by atoms with E-state index in [9.17, 15) is 73.7 Å². The lowest BCUT2D eigenvalue weighted by Crippen LogP contribution is -2.11. The molecule has 0 atom stereocenters. The van der Waals surface area contributed by atoms with Gasteiger partial charge in [0.05, 0.1) is 57.7 Å². The summed E-state index contributed by atoms with van der Waals surface area (Å²) in [5.41, 5.74) is -15.1. The molecule has 0 unspecified atom stereocenters. The number of fused-ring (bicyclic) bond motifs is 2. The number of rotatable bonds is 4. The van der Waals surface area contributed by atoms with Gasteiger partial charge < -0.3 is 8.83 Å². The SMILES string of the molecule is N#CC(C#N)c1nc2c(-c3cc(C(F)(F)F)cc(C(F)(F)F)c3)c3oc(C(C#N)C#N)nc3c(-c3cc(C(F)(F)F)cc(C(F)(F)F)c3)c2o1. The maximum absolute atomic E-state index is 13.9. The molecule has 0 amide bonds. The van der Waals surface area contributed by atoms with Crippen molar-refractivity contribution in [1.29, 1.82) is 21.0 Å². The molecule has 3 aromatic carbocycles. The highest BCUT2D eigenvalue weighted by Crippen LogP contribution is 2.49. The molecule has 2 aromatic heterocycles. The summed E-state index contributed by atoms with van der Waals surface area (Å²) in [4.78, 5) is 7.70. The quantitative estimate of drug-likeness (QED) is 0.167. The molecule has 50 heavy (non-hydrogen) atoms. The van der Waals surface area contributed by atoms with Crippen LogP contribution in [-0.2, 0) is 24.7 Å². The molecule has 5 aromatic rings. The Labute approximate surface area is 268 Å². The molecule has 254 valence electrons. The second-order valence-corrected chi connectivity index (χ2v) is 10.2. The number of aromatic nitrogens is 2. The lowest BCUT2D eigenvalue weighted by Gasteiger charge is -2.16. The molecule has 0 N–H and O–H groups in total. The molecule has 0 aliphatic rings. The van der Waals surface area contributed by atoms with E-state index in [0.717, 1.165) is 0 Å². The van der Waals surface area contributed by atoms with Crippen LogP contribution in [0.4, 0.5) is 52.7 Å². The van der Waals surface area contributed by atoms with Crippen molar-refractivity contribution in [2.24, 2.45) is 0 Å². The minimum atomic E-state index is -5.43. The van der Waals surface area contributed by atoms with Crippen LogP contribution in [0.15, 0.2) is 45.2 Å². The lowest BCUT2D eigenvalue weighted by atomic mass is 9.92. The van der Waals surface area contributed by atoms with Crippen molar-refractivity contribution in [3.8, 4) is 46.5 Å². The van der Waals surface area contributed by atoms with Crippen LogP contribution in [0.25, 0.3) is 44.5 Å². The number of hydrogen-bond donors (Lipinski definition) is 0. The van der Waals surface area contributed by atoms with Gasteiger partial charge in [0.15, 0.2) is 11.2 Å². The fourth-order valence-electron chi connectivity index (χ4n) is 4.83. The molecule has 0 radical (unpaired) electrons. The van der Waals surface area contributed by atoms with Gasteiger partial charge in [-0.3, -0.25) is 0 Å². The number of hydrogen-bond acceptors (Lipinski definition) is 8. The van der Waals surface area contributed by atoms with E-state index in [1.54, 1.807) is 0 Å². The number of nitrogens with zero attached hydrogens (tertiary/aromatic N) is 6. The Bertz CT molecular complexity index is 2040. The summed E-state index contributed by atoms with van der Waals surface area (Å²) >= 11 is 0. The number of halogens is 12. The van der Waals surface area contributed by atoms with Gasteiger partial charge in [0.2, 0.25) is 23.6 Å².